The summed E-state index contributed by atoms with van der Waals surface area (Å²) in [6.07, 6.45) is 2.91. The average molecular weight is 244 g/mol. The molecule has 1 aromatic carbocycles. The van der Waals surface area contributed by atoms with Gasteiger partial charge >= 0.3 is 0 Å². The maximum Gasteiger partial charge on any atom is 0.151 e. The molecule has 2 rings (SSSR count). The molecule has 1 aromatic heterocycles. The average Bonchev–Trinajstić information content (AvgIpc) is 2.48. The Bertz CT molecular complexity index is 601. The summed E-state index contributed by atoms with van der Waals surface area (Å²) < 4.78 is 22.4. The summed E-state index contributed by atoms with van der Waals surface area (Å²) in [4.78, 5) is 2.98. The fourth-order valence-electron chi connectivity index (χ4n) is 1.58. The van der Waals surface area contributed by atoms with Crippen LogP contribution in [-0.4, -0.2) is 19.7 Å². The van der Waals surface area contributed by atoms with E-state index < -0.39 is 9.84 Å². The second-order valence-corrected chi connectivity index (χ2v) is 6.09. The Balaban J connectivity index is 2.60. The molecule has 1 heterocycles. The SMILES string of the molecule is CS(=O)(=O)Cc1c[nH]c2c(Cl)cccc12. The summed E-state index contributed by atoms with van der Waals surface area (Å²) >= 11 is 5.96. The van der Waals surface area contributed by atoms with Crippen molar-refractivity contribution in [2.75, 3.05) is 6.26 Å². The Morgan fingerprint density at radius 2 is 2.13 bits per heavy atom. The summed E-state index contributed by atoms with van der Waals surface area (Å²) in [5.41, 5.74) is 1.55. The number of aromatic nitrogens is 1. The lowest BCUT2D eigenvalue weighted by Gasteiger charge is -1.97. The van der Waals surface area contributed by atoms with Crippen molar-refractivity contribution in [3.63, 3.8) is 0 Å². The third-order valence-corrected chi connectivity index (χ3v) is 3.32. The molecular weight excluding hydrogens is 234 g/mol. The molecule has 0 fully saturated rings. The molecule has 0 spiro atoms. The van der Waals surface area contributed by atoms with Gasteiger partial charge in [-0.15, -0.1) is 0 Å². The maximum absolute atomic E-state index is 11.2. The van der Waals surface area contributed by atoms with Crippen LogP contribution in [0, 0.1) is 0 Å². The minimum atomic E-state index is -3.01. The molecule has 0 unspecified atom stereocenters. The van der Waals surface area contributed by atoms with Crippen LogP contribution in [0.25, 0.3) is 10.9 Å². The Kier molecular flexibility index (Phi) is 2.48. The van der Waals surface area contributed by atoms with E-state index in [0.29, 0.717) is 5.02 Å². The molecule has 15 heavy (non-hydrogen) atoms. The van der Waals surface area contributed by atoms with Crippen molar-refractivity contribution in [3.05, 3.63) is 35.0 Å². The molecule has 0 aliphatic carbocycles. The zero-order valence-corrected chi connectivity index (χ0v) is 9.69. The van der Waals surface area contributed by atoms with E-state index in [1.54, 1.807) is 12.3 Å². The number of aromatic amines is 1. The standard InChI is InChI=1S/C10H10ClNO2S/c1-15(13,14)6-7-5-12-10-8(7)3-2-4-9(10)11/h2-5,12H,6H2,1H3. The molecule has 3 nitrogen and oxygen atoms in total. The van der Waals surface area contributed by atoms with Gasteiger partial charge in [0.05, 0.1) is 16.3 Å². The Morgan fingerprint density at radius 3 is 2.80 bits per heavy atom. The highest BCUT2D eigenvalue weighted by atomic mass is 35.5. The lowest BCUT2D eigenvalue weighted by atomic mass is 10.2. The summed E-state index contributed by atoms with van der Waals surface area (Å²) in [6.45, 7) is 0. The van der Waals surface area contributed by atoms with Crippen molar-refractivity contribution in [2.24, 2.45) is 0 Å². The molecule has 0 saturated heterocycles. The van der Waals surface area contributed by atoms with Gasteiger partial charge in [-0.3, -0.25) is 0 Å². The lowest BCUT2D eigenvalue weighted by molar-refractivity contribution is 0.601. The first kappa shape index (κ1) is 10.5. The van der Waals surface area contributed by atoms with Crippen LogP contribution in [0.15, 0.2) is 24.4 Å². The highest BCUT2D eigenvalue weighted by Gasteiger charge is 2.10. The van der Waals surface area contributed by atoms with Crippen molar-refractivity contribution < 1.29 is 8.42 Å². The van der Waals surface area contributed by atoms with Crippen LogP contribution in [-0.2, 0) is 15.6 Å². The van der Waals surface area contributed by atoms with Gasteiger partial charge in [-0.2, -0.15) is 0 Å². The van der Waals surface area contributed by atoms with Gasteiger partial charge in [0.25, 0.3) is 0 Å². The number of rotatable bonds is 2. The van der Waals surface area contributed by atoms with Crippen molar-refractivity contribution in [1.29, 1.82) is 0 Å². The first-order chi connectivity index (χ1) is 6.97. The van der Waals surface area contributed by atoms with Gasteiger partial charge < -0.3 is 4.98 Å². The van der Waals surface area contributed by atoms with E-state index in [4.69, 9.17) is 11.6 Å². The van der Waals surface area contributed by atoms with Gasteiger partial charge in [-0.05, 0) is 11.6 Å². The van der Waals surface area contributed by atoms with Crippen molar-refractivity contribution in [1.82, 2.24) is 4.98 Å². The van der Waals surface area contributed by atoms with E-state index in [9.17, 15) is 8.42 Å². The molecule has 0 saturated carbocycles. The van der Waals surface area contributed by atoms with Gasteiger partial charge in [0.1, 0.15) is 0 Å². The number of hydrogen-bond acceptors (Lipinski definition) is 2. The first-order valence-corrected chi connectivity index (χ1v) is 6.83. The monoisotopic (exact) mass is 243 g/mol. The first-order valence-electron chi connectivity index (χ1n) is 4.39. The summed E-state index contributed by atoms with van der Waals surface area (Å²) in [5.74, 6) is 0.0351. The Labute approximate surface area is 93.0 Å². The molecule has 80 valence electrons. The highest BCUT2D eigenvalue weighted by Crippen LogP contribution is 2.25. The molecular formula is C10H10ClNO2S. The predicted octanol–water partition coefficient (Wildman–Crippen LogP) is 2.37. The van der Waals surface area contributed by atoms with Gasteiger partial charge in [-0.25, -0.2) is 8.42 Å². The van der Waals surface area contributed by atoms with Crippen LogP contribution in [0.3, 0.4) is 0 Å². The molecule has 0 atom stereocenters. The van der Waals surface area contributed by atoms with Crippen LogP contribution in [0.1, 0.15) is 5.56 Å². The zero-order valence-electron chi connectivity index (χ0n) is 8.12. The summed E-state index contributed by atoms with van der Waals surface area (Å²) in [6, 6.07) is 5.44. The second-order valence-electron chi connectivity index (χ2n) is 3.55. The summed E-state index contributed by atoms with van der Waals surface area (Å²) in [7, 11) is -3.01. The molecule has 5 heteroatoms. The van der Waals surface area contributed by atoms with Crippen LogP contribution >= 0.6 is 11.6 Å². The number of sulfone groups is 1. The molecule has 2 aromatic rings. The number of hydrogen-bond donors (Lipinski definition) is 1. The number of H-pyrrole nitrogens is 1. The van der Waals surface area contributed by atoms with Crippen LogP contribution in [0.4, 0.5) is 0 Å². The van der Waals surface area contributed by atoms with Crippen molar-refractivity contribution in [3.8, 4) is 0 Å². The fourth-order valence-corrected chi connectivity index (χ4v) is 2.61. The third kappa shape index (κ3) is 2.16. The normalized spacial score (nSPS) is 12.1. The van der Waals surface area contributed by atoms with E-state index in [1.807, 2.05) is 12.1 Å². The molecule has 0 radical (unpaired) electrons. The number of benzene rings is 1. The van der Waals surface area contributed by atoms with Gasteiger partial charge in [0.15, 0.2) is 9.84 Å². The van der Waals surface area contributed by atoms with Gasteiger partial charge in [0.2, 0.25) is 0 Å². The topological polar surface area (TPSA) is 49.9 Å². The molecule has 0 aliphatic rings. The van der Waals surface area contributed by atoms with Crippen LogP contribution < -0.4 is 0 Å². The number of para-hydroxylation sites is 1. The minimum absolute atomic E-state index is 0.0351. The van der Waals surface area contributed by atoms with Gasteiger partial charge in [-0.1, -0.05) is 23.7 Å². The Morgan fingerprint density at radius 1 is 1.40 bits per heavy atom. The van der Waals surface area contributed by atoms with Crippen molar-refractivity contribution in [2.45, 2.75) is 5.75 Å². The maximum atomic E-state index is 11.2. The fraction of sp³-hybridized carbons (Fsp3) is 0.200. The third-order valence-electron chi connectivity index (χ3n) is 2.17. The Hall–Kier alpha value is -1.00. The number of nitrogens with one attached hydrogen (secondary N) is 1. The summed E-state index contributed by atoms with van der Waals surface area (Å²) in [5, 5.41) is 1.47. The number of halogens is 1. The van der Waals surface area contributed by atoms with E-state index in [1.165, 1.54) is 6.26 Å². The van der Waals surface area contributed by atoms with E-state index >= 15 is 0 Å². The van der Waals surface area contributed by atoms with Crippen LogP contribution in [0.5, 0.6) is 0 Å². The largest absolute Gasteiger partial charge is 0.360 e. The zero-order chi connectivity index (χ0) is 11.1. The molecule has 0 bridgehead atoms. The number of fused-ring (bicyclic) bond motifs is 1. The predicted molar refractivity (Wildman–Crippen MR) is 61.9 cm³/mol. The molecule has 0 amide bonds. The van der Waals surface area contributed by atoms with E-state index in [2.05, 4.69) is 4.98 Å². The van der Waals surface area contributed by atoms with Gasteiger partial charge in [0, 0.05) is 17.8 Å². The lowest BCUT2D eigenvalue weighted by Crippen LogP contribution is -1.99. The highest BCUT2D eigenvalue weighted by molar-refractivity contribution is 7.89. The smallest absolute Gasteiger partial charge is 0.151 e. The minimum Gasteiger partial charge on any atom is -0.360 e. The second kappa shape index (κ2) is 3.54. The van der Waals surface area contributed by atoms with E-state index in [-0.39, 0.29) is 5.75 Å². The van der Waals surface area contributed by atoms with E-state index in [0.717, 1.165) is 16.5 Å². The molecule has 0 aliphatic heterocycles. The van der Waals surface area contributed by atoms with Crippen LogP contribution in [0.2, 0.25) is 5.02 Å². The quantitative estimate of drug-likeness (QED) is 0.880. The van der Waals surface area contributed by atoms with Crippen molar-refractivity contribution >= 4 is 32.3 Å². The molecule has 1 N–H and O–H groups in total.